The van der Waals surface area contributed by atoms with Crippen molar-refractivity contribution < 1.29 is 14.3 Å². The van der Waals surface area contributed by atoms with Gasteiger partial charge in [-0.15, -0.1) is 12.4 Å². The number of ether oxygens (including phenoxy) is 1. The molecule has 0 aromatic heterocycles. The van der Waals surface area contributed by atoms with Gasteiger partial charge in [-0.3, -0.25) is 4.79 Å². The normalized spacial score (nSPS) is 25.3. The minimum atomic E-state index is -0.398. The molecule has 1 aromatic rings. The molecule has 1 heterocycles. The van der Waals surface area contributed by atoms with Crippen LogP contribution in [0.3, 0.4) is 0 Å². The molecular weight excluding hydrogens is 328 g/mol. The van der Waals surface area contributed by atoms with Gasteiger partial charge in [0.2, 0.25) is 5.91 Å². The van der Waals surface area contributed by atoms with E-state index in [-0.39, 0.29) is 24.4 Å². The zero-order valence-corrected chi connectivity index (χ0v) is 14.9. The summed E-state index contributed by atoms with van der Waals surface area (Å²) < 4.78 is 4.74. The van der Waals surface area contributed by atoms with Crippen LogP contribution in [0.1, 0.15) is 48.0 Å². The third-order valence-electron chi connectivity index (χ3n) is 5.10. The van der Waals surface area contributed by atoms with E-state index in [1.165, 1.54) is 32.8 Å². The molecule has 1 aliphatic heterocycles. The number of methoxy groups -OCH3 is 1. The largest absolute Gasteiger partial charge is 0.465 e. The van der Waals surface area contributed by atoms with Crippen molar-refractivity contribution in [2.24, 2.45) is 5.92 Å². The highest BCUT2D eigenvalue weighted by Crippen LogP contribution is 2.33. The summed E-state index contributed by atoms with van der Waals surface area (Å²) in [7, 11) is 1.35. The van der Waals surface area contributed by atoms with E-state index in [0.29, 0.717) is 23.2 Å². The maximum Gasteiger partial charge on any atom is 0.337 e. The molecule has 2 N–H and O–H groups in total. The first-order valence-corrected chi connectivity index (χ1v) is 8.34. The lowest BCUT2D eigenvalue weighted by Gasteiger charge is -2.24. The number of rotatable bonds is 3. The molecule has 3 atom stereocenters. The number of anilines is 1. The van der Waals surface area contributed by atoms with E-state index < -0.39 is 5.97 Å². The van der Waals surface area contributed by atoms with Crippen molar-refractivity contribution in [3.8, 4) is 0 Å². The van der Waals surface area contributed by atoms with Gasteiger partial charge in [-0.1, -0.05) is 18.9 Å². The summed E-state index contributed by atoms with van der Waals surface area (Å²) in [5.41, 5.74) is 2.05. The Morgan fingerprint density at radius 2 is 2.00 bits per heavy atom. The van der Waals surface area contributed by atoms with Gasteiger partial charge >= 0.3 is 5.97 Å². The van der Waals surface area contributed by atoms with Crippen LogP contribution in [0, 0.1) is 12.8 Å². The van der Waals surface area contributed by atoms with E-state index in [0.717, 1.165) is 12.0 Å². The summed E-state index contributed by atoms with van der Waals surface area (Å²) in [5, 5.41) is 6.45. The standard InChI is InChI=1S/C18H24N2O3.ClH/c1-11-7-8-13(18(22)23-2)10-15(11)20-17(21)16-9-12-5-3-4-6-14(12)19-16;/h7-8,10,12,14,16,19H,3-6,9H2,1-2H3,(H,20,21);1H. The van der Waals surface area contributed by atoms with E-state index in [2.05, 4.69) is 10.6 Å². The smallest absolute Gasteiger partial charge is 0.337 e. The highest BCUT2D eigenvalue weighted by molar-refractivity contribution is 5.97. The van der Waals surface area contributed by atoms with Crippen LogP contribution < -0.4 is 10.6 Å². The Labute approximate surface area is 148 Å². The second-order valence-electron chi connectivity index (χ2n) is 6.62. The molecule has 6 heteroatoms. The molecule has 1 aliphatic carbocycles. The average Bonchev–Trinajstić information content (AvgIpc) is 3.00. The third kappa shape index (κ3) is 3.90. The second-order valence-corrected chi connectivity index (χ2v) is 6.62. The first-order chi connectivity index (χ1) is 11.1. The van der Waals surface area contributed by atoms with E-state index in [9.17, 15) is 9.59 Å². The van der Waals surface area contributed by atoms with Crippen LogP contribution in [0.5, 0.6) is 0 Å². The Hall–Kier alpha value is -1.59. The predicted octanol–water partition coefficient (Wildman–Crippen LogP) is 3.06. The lowest BCUT2D eigenvalue weighted by Crippen LogP contribution is -2.40. The fourth-order valence-electron chi connectivity index (χ4n) is 3.74. The molecule has 1 saturated carbocycles. The summed E-state index contributed by atoms with van der Waals surface area (Å²) in [4.78, 5) is 24.2. The van der Waals surface area contributed by atoms with Crippen molar-refractivity contribution in [3.63, 3.8) is 0 Å². The molecule has 0 spiro atoms. The highest BCUT2D eigenvalue weighted by Gasteiger charge is 2.38. The number of fused-ring (bicyclic) bond motifs is 1. The summed E-state index contributed by atoms with van der Waals surface area (Å²) in [6, 6.07) is 5.57. The number of carbonyl (C=O) groups is 2. The van der Waals surface area contributed by atoms with Gasteiger partial charge in [0, 0.05) is 11.7 Å². The quantitative estimate of drug-likeness (QED) is 0.820. The van der Waals surface area contributed by atoms with Gasteiger partial charge in [-0.25, -0.2) is 4.79 Å². The summed E-state index contributed by atoms with van der Waals surface area (Å²) in [6.07, 6.45) is 5.83. The number of nitrogens with one attached hydrogen (secondary N) is 2. The Morgan fingerprint density at radius 1 is 1.25 bits per heavy atom. The van der Waals surface area contributed by atoms with Gasteiger partial charge in [0.05, 0.1) is 18.7 Å². The van der Waals surface area contributed by atoms with Gasteiger partial charge in [0.1, 0.15) is 0 Å². The number of aryl methyl sites for hydroxylation is 1. The monoisotopic (exact) mass is 352 g/mol. The summed E-state index contributed by atoms with van der Waals surface area (Å²) in [6.45, 7) is 1.92. The molecule has 3 unspecified atom stereocenters. The van der Waals surface area contributed by atoms with Crippen molar-refractivity contribution in [1.29, 1.82) is 0 Å². The fraction of sp³-hybridized carbons (Fsp3) is 0.556. The SMILES string of the molecule is COC(=O)c1ccc(C)c(NC(=O)C2CC3CCCCC3N2)c1.Cl. The van der Waals surface area contributed by atoms with E-state index in [1.54, 1.807) is 12.1 Å². The molecule has 0 radical (unpaired) electrons. The predicted molar refractivity (Wildman–Crippen MR) is 95.7 cm³/mol. The van der Waals surface area contributed by atoms with Gasteiger partial charge in [0.15, 0.2) is 0 Å². The minimum absolute atomic E-state index is 0. The van der Waals surface area contributed by atoms with E-state index in [1.807, 2.05) is 13.0 Å². The van der Waals surface area contributed by atoms with Crippen molar-refractivity contribution >= 4 is 30.0 Å². The molecule has 1 saturated heterocycles. The van der Waals surface area contributed by atoms with Crippen LogP contribution in [-0.4, -0.2) is 31.1 Å². The number of halogens is 1. The Balaban J connectivity index is 0.00000208. The molecule has 132 valence electrons. The molecule has 1 amide bonds. The second kappa shape index (κ2) is 7.99. The zero-order chi connectivity index (χ0) is 16.4. The molecule has 0 bridgehead atoms. The lowest BCUT2D eigenvalue weighted by molar-refractivity contribution is -0.117. The van der Waals surface area contributed by atoms with Crippen molar-refractivity contribution in [2.75, 3.05) is 12.4 Å². The molecule has 24 heavy (non-hydrogen) atoms. The van der Waals surface area contributed by atoms with Gasteiger partial charge in [-0.2, -0.15) is 0 Å². The van der Waals surface area contributed by atoms with Crippen LogP contribution in [0.4, 0.5) is 5.69 Å². The van der Waals surface area contributed by atoms with Crippen molar-refractivity contribution in [3.05, 3.63) is 29.3 Å². The van der Waals surface area contributed by atoms with Gasteiger partial charge in [-0.05, 0) is 49.8 Å². The topological polar surface area (TPSA) is 67.4 Å². The van der Waals surface area contributed by atoms with Crippen LogP contribution >= 0.6 is 12.4 Å². The number of esters is 1. The molecule has 3 rings (SSSR count). The number of hydrogen-bond donors (Lipinski definition) is 2. The minimum Gasteiger partial charge on any atom is -0.465 e. The van der Waals surface area contributed by atoms with Gasteiger partial charge < -0.3 is 15.4 Å². The van der Waals surface area contributed by atoms with Crippen molar-refractivity contribution in [2.45, 2.75) is 51.1 Å². The molecular formula is C18H25ClN2O3. The van der Waals surface area contributed by atoms with Crippen LogP contribution in [-0.2, 0) is 9.53 Å². The van der Waals surface area contributed by atoms with E-state index >= 15 is 0 Å². The van der Waals surface area contributed by atoms with Gasteiger partial charge in [0.25, 0.3) is 0 Å². The third-order valence-corrected chi connectivity index (χ3v) is 5.10. The summed E-state index contributed by atoms with van der Waals surface area (Å²) in [5.74, 6) is 0.219. The maximum absolute atomic E-state index is 12.6. The summed E-state index contributed by atoms with van der Waals surface area (Å²) >= 11 is 0. The van der Waals surface area contributed by atoms with Crippen LogP contribution in [0.25, 0.3) is 0 Å². The first-order valence-electron chi connectivity index (χ1n) is 8.34. The van der Waals surface area contributed by atoms with E-state index in [4.69, 9.17) is 4.74 Å². The first kappa shape index (κ1) is 18.7. The van der Waals surface area contributed by atoms with Crippen molar-refractivity contribution in [1.82, 2.24) is 5.32 Å². The number of benzene rings is 1. The fourth-order valence-corrected chi connectivity index (χ4v) is 3.74. The Kier molecular flexibility index (Phi) is 6.24. The lowest BCUT2D eigenvalue weighted by atomic mass is 9.85. The highest BCUT2D eigenvalue weighted by atomic mass is 35.5. The molecule has 2 fully saturated rings. The zero-order valence-electron chi connectivity index (χ0n) is 14.1. The number of amides is 1. The molecule has 5 nitrogen and oxygen atoms in total. The number of hydrogen-bond acceptors (Lipinski definition) is 4. The van der Waals surface area contributed by atoms with Crippen LogP contribution in [0.15, 0.2) is 18.2 Å². The maximum atomic E-state index is 12.6. The molecule has 2 aliphatic rings. The average molecular weight is 353 g/mol. The van der Waals surface area contributed by atoms with Crippen LogP contribution in [0.2, 0.25) is 0 Å². The Bertz CT molecular complexity index is 606. The number of carbonyl (C=O) groups excluding carboxylic acids is 2. The Morgan fingerprint density at radius 3 is 2.71 bits per heavy atom. The molecule has 1 aromatic carbocycles.